The van der Waals surface area contributed by atoms with Crippen LogP contribution in [0.5, 0.6) is 0 Å². The molecule has 0 aliphatic carbocycles. The minimum absolute atomic E-state index is 0.0625. The SMILES string of the molecule is CCn1ccnc1[C@H]1OCCC[C@@H]1NC1CCN(c2ccccn2)CC1. The monoisotopic (exact) mass is 355 g/mol. The first-order valence-corrected chi connectivity index (χ1v) is 9.90. The number of aryl methyl sites for hydroxylation is 1. The number of nitrogens with zero attached hydrogens (tertiary/aromatic N) is 4. The van der Waals surface area contributed by atoms with Gasteiger partial charge in [0.1, 0.15) is 17.7 Å². The molecule has 6 heteroatoms. The predicted octanol–water partition coefficient (Wildman–Crippen LogP) is 2.78. The Labute approximate surface area is 155 Å². The molecule has 0 bridgehead atoms. The molecule has 2 aliphatic heterocycles. The molecular formula is C20H29N5O. The number of hydrogen-bond donors (Lipinski definition) is 1. The zero-order chi connectivity index (χ0) is 17.8. The van der Waals surface area contributed by atoms with Gasteiger partial charge in [-0.05, 0) is 44.7 Å². The van der Waals surface area contributed by atoms with E-state index in [0.29, 0.717) is 12.1 Å². The van der Waals surface area contributed by atoms with Crippen molar-refractivity contribution in [2.75, 3.05) is 24.6 Å². The summed E-state index contributed by atoms with van der Waals surface area (Å²) < 4.78 is 8.35. The molecule has 0 radical (unpaired) electrons. The number of hydrogen-bond acceptors (Lipinski definition) is 5. The van der Waals surface area contributed by atoms with E-state index >= 15 is 0 Å². The number of ether oxygens (including phenoxy) is 1. The molecule has 1 N–H and O–H groups in total. The van der Waals surface area contributed by atoms with E-state index in [1.54, 1.807) is 0 Å². The number of aromatic nitrogens is 3. The second-order valence-electron chi connectivity index (χ2n) is 7.23. The topological polar surface area (TPSA) is 55.2 Å². The Hall–Kier alpha value is -1.92. The van der Waals surface area contributed by atoms with Crippen molar-refractivity contribution >= 4 is 5.82 Å². The summed E-state index contributed by atoms with van der Waals surface area (Å²) in [5, 5.41) is 3.89. The third-order valence-electron chi connectivity index (χ3n) is 5.58. The third kappa shape index (κ3) is 3.76. The fourth-order valence-electron chi connectivity index (χ4n) is 4.17. The van der Waals surface area contributed by atoms with E-state index in [1.165, 1.54) is 0 Å². The molecule has 0 aromatic carbocycles. The molecule has 2 aromatic rings. The van der Waals surface area contributed by atoms with Crippen molar-refractivity contribution < 1.29 is 4.74 Å². The van der Waals surface area contributed by atoms with Crippen molar-refractivity contribution in [1.29, 1.82) is 0 Å². The molecule has 2 aliphatic rings. The van der Waals surface area contributed by atoms with Crippen LogP contribution in [0.1, 0.15) is 44.5 Å². The molecule has 0 spiro atoms. The number of pyridine rings is 1. The Balaban J connectivity index is 1.37. The molecule has 26 heavy (non-hydrogen) atoms. The lowest BCUT2D eigenvalue weighted by Gasteiger charge is -2.38. The van der Waals surface area contributed by atoms with Crippen molar-refractivity contribution in [3.8, 4) is 0 Å². The summed E-state index contributed by atoms with van der Waals surface area (Å²) in [6, 6.07) is 7.02. The van der Waals surface area contributed by atoms with Gasteiger partial charge in [0, 0.05) is 56.9 Å². The van der Waals surface area contributed by atoms with Crippen molar-refractivity contribution in [3.05, 3.63) is 42.6 Å². The van der Waals surface area contributed by atoms with E-state index in [1.807, 2.05) is 18.5 Å². The van der Waals surface area contributed by atoms with Crippen molar-refractivity contribution in [1.82, 2.24) is 19.9 Å². The quantitative estimate of drug-likeness (QED) is 0.894. The van der Waals surface area contributed by atoms with Gasteiger partial charge in [0.05, 0.1) is 0 Å². The van der Waals surface area contributed by atoms with Gasteiger partial charge in [0.25, 0.3) is 0 Å². The van der Waals surface area contributed by atoms with Crippen LogP contribution in [0.15, 0.2) is 36.8 Å². The lowest BCUT2D eigenvalue weighted by molar-refractivity contribution is -0.0215. The summed E-state index contributed by atoms with van der Waals surface area (Å²) in [5.41, 5.74) is 0. The summed E-state index contributed by atoms with van der Waals surface area (Å²) in [6.45, 7) is 6.03. The highest BCUT2D eigenvalue weighted by molar-refractivity contribution is 5.38. The smallest absolute Gasteiger partial charge is 0.139 e. The van der Waals surface area contributed by atoms with Crippen LogP contribution in [0.25, 0.3) is 0 Å². The van der Waals surface area contributed by atoms with Crippen LogP contribution in [0.2, 0.25) is 0 Å². The van der Waals surface area contributed by atoms with Gasteiger partial charge in [0.2, 0.25) is 0 Å². The second kappa shape index (κ2) is 8.18. The first-order chi connectivity index (χ1) is 12.8. The van der Waals surface area contributed by atoms with Gasteiger partial charge in [-0.15, -0.1) is 0 Å². The van der Waals surface area contributed by atoms with Crippen LogP contribution >= 0.6 is 0 Å². The maximum Gasteiger partial charge on any atom is 0.139 e. The minimum Gasteiger partial charge on any atom is -0.369 e. The number of rotatable bonds is 5. The molecule has 2 aromatic heterocycles. The highest BCUT2D eigenvalue weighted by atomic mass is 16.5. The molecule has 0 amide bonds. The highest BCUT2D eigenvalue weighted by Crippen LogP contribution is 2.29. The van der Waals surface area contributed by atoms with Gasteiger partial charge in [-0.25, -0.2) is 9.97 Å². The summed E-state index contributed by atoms with van der Waals surface area (Å²) in [7, 11) is 0. The first-order valence-electron chi connectivity index (χ1n) is 9.90. The second-order valence-corrected chi connectivity index (χ2v) is 7.23. The predicted molar refractivity (Wildman–Crippen MR) is 102 cm³/mol. The molecule has 4 rings (SSSR count). The Morgan fingerprint density at radius 3 is 2.81 bits per heavy atom. The molecule has 2 atom stereocenters. The number of nitrogens with one attached hydrogen (secondary N) is 1. The number of anilines is 1. The van der Waals surface area contributed by atoms with Gasteiger partial charge in [0.15, 0.2) is 0 Å². The van der Waals surface area contributed by atoms with E-state index in [4.69, 9.17) is 4.74 Å². The van der Waals surface area contributed by atoms with Crippen LogP contribution in [0, 0.1) is 0 Å². The summed E-state index contributed by atoms with van der Waals surface area (Å²) in [4.78, 5) is 11.5. The number of imidazole rings is 1. The van der Waals surface area contributed by atoms with E-state index in [2.05, 4.69) is 50.0 Å². The van der Waals surface area contributed by atoms with Crippen LogP contribution in [0.4, 0.5) is 5.82 Å². The standard InChI is InChI=1S/C20H29N5O/c1-2-24-14-11-22-20(24)19-17(6-5-15-26-19)23-16-8-12-25(13-9-16)18-7-3-4-10-21-18/h3-4,7,10-11,14,16-17,19,23H,2,5-6,8-9,12-13,15H2,1H3/t17-,19-/m0/s1. The zero-order valence-corrected chi connectivity index (χ0v) is 15.6. The zero-order valence-electron chi connectivity index (χ0n) is 15.6. The molecule has 4 heterocycles. The van der Waals surface area contributed by atoms with Crippen LogP contribution in [-0.2, 0) is 11.3 Å². The van der Waals surface area contributed by atoms with Crippen LogP contribution in [-0.4, -0.2) is 46.3 Å². The highest BCUT2D eigenvalue weighted by Gasteiger charge is 2.33. The van der Waals surface area contributed by atoms with E-state index in [0.717, 1.165) is 63.6 Å². The van der Waals surface area contributed by atoms with E-state index < -0.39 is 0 Å². The molecule has 0 unspecified atom stereocenters. The van der Waals surface area contributed by atoms with Crippen molar-refractivity contribution in [3.63, 3.8) is 0 Å². The van der Waals surface area contributed by atoms with Crippen molar-refractivity contribution in [2.24, 2.45) is 0 Å². The van der Waals surface area contributed by atoms with Crippen molar-refractivity contribution in [2.45, 2.75) is 57.3 Å². The fraction of sp³-hybridized carbons (Fsp3) is 0.600. The fourth-order valence-corrected chi connectivity index (χ4v) is 4.17. The largest absolute Gasteiger partial charge is 0.369 e. The van der Waals surface area contributed by atoms with Gasteiger partial charge in [-0.3, -0.25) is 0 Å². The summed E-state index contributed by atoms with van der Waals surface area (Å²) in [6.07, 6.45) is 10.4. The molecule has 2 fully saturated rings. The Morgan fingerprint density at radius 2 is 2.04 bits per heavy atom. The maximum atomic E-state index is 6.14. The Bertz CT molecular complexity index is 681. The molecule has 2 saturated heterocycles. The maximum absolute atomic E-state index is 6.14. The average molecular weight is 355 g/mol. The lowest BCUT2D eigenvalue weighted by Crippen LogP contribution is -2.50. The average Bonchev–Trinajstić information content (AvgIpc) is 3.18. The van der Waals surface area contributed by atoms with Crippen LogP contribution in [0.3, 0.4) is 0 Å². The third-order valence-corrected chi connectivity index (χ3v) is 5.58. The number of piperidine rings is 1. The molecule has 0 saturated carbocycles. The Morgan fingerprint density at radius 1 is 1.15 bits per heavy atom. The summed E-state index contributed by atoms with van der Waals surface area (Å²) >= 11 is 0. The first kappa shape index (κ1) is 17.5. The van der Waals surface area contributed by atoms with Gasteiger partial charge in [-0.1, -0.05) is 6.07 Å². The lowest BCUT2D eigenvalue weighted by atomic mass is 9.97. The molecular weight excluding hydrogens is 326 g/mol. The summed E-state index contributed by atoms with van der Waals surface area (Å²) in [5.74, 6) is 2.16. The molecule has 6 nitrogen and oxygen atoms in total. The van der Waals surface area contributed by atoms with Gasteiger partial charge in [-0.2, -0.15) is 0 Å². The minimum atomic E-state index is 0.0625. The Kier molecular flexibility index (Phi) is 5.51. The van der Waals surface area contributed by atoms with Gasteiger partial charge < -0.3 is 19.5 Å². The van der Waals surface area contributed by atoms with Crippen LogP contribution < -0.4 is 10.2 Å². The van der Waals surface area contributed by atoms with E-state index in [9.17, 15) is 0 Å². The molecule has 140 valence electrons. The van der Waals surface area contributed by atoms with E-state index in [-0.39, 0.29) is 6.10 Å². The normalized spacial score (nSPS) is 24.7. The van der Waals surface area contributed by atoms with Gasteiger partial charge >= 0.3 is 0 Å².